The van der Waals surface area contributed by atoms with E-state index in [0.717, 1.165) is 34.6 Å². The fourth-order valence-electron chi connectivity index (χ4n) is 4.47. The van der Waals surface area contributed by atoms with Crippen LogP contribution in [0.5, 0.6) is 5.75 Å². The average molecular weight is 472 g/mol. The summed E-state index contributed by atoms with van der Waals surface area (Å²) in [5, 5.41) is 0.514. The van der Waals surface area contributed by atoms with Crippen molar-refractivity contribution in [2.45, 2.75) is 39.8 Å². The van der Waals surface area contributed by atoms with Crippen molar-refractivity contribution in [1.82, 2.24) is 24.1 Å². The molecule has 0 atom stereocenters. The van der Waals surface area contributed by atoms with E-state index in [1.54, 1.807) is 11.7 Å². The van der Waals surface area contributed by atoms with E-state index in [1.807, 2.05) is 66.9 Å². The first-order valence-electron chi connectivity index (χ1n) is 12.0. The summed E-state index contributed by atoms with van der Waals surface area (Å²) in [5.74, 6) is 1.55. The average Bonchev–Trinajstić information content (AvgIpc) is 3.18. The van der Waals surface area contributed by atoms with Gasteiger partial charge < -0.3 is 14.0 Å². The summed E-state index contributed by atoms with van der Waals surface area (Å²) in [6.45, 7) is 6.33. The van der Waals surface area contributed by atoms with Gasteiger partial charge in [0.2, 0.25) is 0 Å². The van der Waals surface area contributed by atoms with Crippen molar-refractivity contribution in [2.75, 3.05) is 20.3 Å². The first-order chi connectivity index (χ1) is 17.1. The van der Waals surface area contributed by atoms with Gasteiger partial charge in [-0.1, -0.05) is 31.2 Å². The smallest absolute Gasteiger partial charge is 0.265 e. The number of benzene rings is 2. The third-order valence-corrected chi connectivity index (χ3v) is 6.22. The van der Waals surface area contributed by atoms with Crippen LogP contribution in [0.25, 0.3) is 33.2 Å². The van der Waals surface area contributed by atoms with Crippen molar-refractivity contribution in [3.05, 3.63) is 70.3 Å². The van der Waals surface area contributed by atoms with Crippen LogP contribution >= 0.6 is 0 Å². The minimum Gasteiger partial charge on any atom is -0.497 e. The Hall–Kier alpha value is -3.78. The Morgan fingerprint density at radius 1 is 0.886 bits per heavy atom. The molecule has 8 nitrogen and oxygen atoms in total. The minimum absolute atomic E-state index is 0.0774. The molecule has 35 heavy (non-hydrogen) atoms. The molecule has 0 unspecified atom stereocenters. The molecule has 0 amide bonds. The molecule has 2 aromatic carbocycles. The number of hydrogen-bond acceptors (Lipinski definition) is 6. The van der Waals surface area contributed by atoms with Gasteiger partial charge in [-0.15, -0.1) is 0 Å². The van der Waals surface area contributed by atoms with E-state index in [2.05, 4.69) is 0 Å². The van der Waals surface area contributed by atoms with E-state index in [0.29, 0.717) is 54.9 Å². The second kappa shape index (κ2) is 9.84. The molecule has 0 aliphatic rings. The number of hydrogen-bond donors (Lipinski definition) is 0. The van der Waals surface area contributed by atoms with Gasteiger partial charge in [-0.05, 0) is 43.2 Å². The summed E-state index contributed by atoms with van der Waals surface area (Å²) in [4.78, 5) is 28.7. The van der Waals surface area contributed by atoms with Crippen LogP contribution in [0.15, 0.2) is 53.3 Å². The maximum atomic E-state index is 13.9. The molecule has 0 bridgehead atoms. The van der Waals surface area contributed by atoms with Crippen LogP contribution in [0, 0.1) is 0 Å². The fourth-order valence-corrected chi connectivity index (χ4v) is 4.47. The highest BCUT2D eigenvalue weighted by molar-refractivity contribution is 6.04. The largest absolute Gasteiger partial charge is 0.497 e. The maximum absolute atomic E-state index is 13.9. The van der Waals surface area contributed by atoms with Crippen LogP contribution < -0.4 is 10.3 Å². The van der Waals surface area contributed by atoms with Gasteiger partial charge in [0.1, 0.15) is 22.5 Å². The van der Waals surface area contributed by atoms with Gasteiger partial charge in [0.25, 0.3) is 5.56 Å². The van der Waals surface area contributed by atoms with E-state index in [-0.39, 0.29) is 5.56 Å². The predicted octanol–water partition coefficient (Wildman–Crippen LogP) is 4.34. The molecule has 0 aliphatic carbocycles. The SMILES string of the molecule is CCOCCCn1c(CC)nc2c(c1=O)c1nc3ccccc3nc1n2Cc1ccc(OC)cc1. The Morgan fingerprint density at radius 3 is 2.31 bits per heavy atom. The molecule has 0 radical (unpaired) electrons. The van der Waals surface area contributed by atoms with E-state index in [9.17, 15) is 4.79 Å². The number of ether oxygens (including phenoxy) is 2. The lowest BCUT2D eigenvalue weighted by molar-refractivity contribution is 0.141. The van der Waals surface area contributed by atoms with Gasteiger partial charge in [0.05, 0.1) is 24.7 Å². The molecule has 180 valence electrons. The van der Waals surface area contributed by atoms with Crippen LogP contribution in [0.2, 0.25) is 0 Å². The predicted molar refractivity (Wildman–Crippen MR) is 137 cm³/mol. The van der Waals surface area contributed by atoms with Crippen LogP contribution in [0.4, 0.5) is 0 Å². The maximum Gasteiger partial charge on any atom is 0.265 e. The summed E-state index contributed by atoms with van der Waals surface area (Å²) < 4.78 is 14.6. The molecule has 5 rings (SSSR count). The van der Waals surface area contributed by atoms with E-state index in [4.69, 9.17) is 24.4 Å². The quantitative estimate of drug-likeness (QED) is 0.297. The zero-order valence-electron chi connectivity index (χ0n) is 20.3. The number of aryl methyl sites for hydroxylation is 1. The Balaban J connectivity index is 1.74. The van der Waals surface area contributed by atoms with Gasteiger partial charge in [0, 0.05) is 26.2 Å². The molecular formula is C27H29N5O3. The lowest BCUT2D eigenvalue weighted by Crippen LogP contribution is -2.26. The minimum atomic E-state index is -0.0774. The zero-order chi connectivity index (χ0) is 24.4. The Labute approximate surface area is 203 Å². The van der Waals surface area contributed by atoms with E-state index in [1.165, 1.54) is 0 Å². The highest BCUT2D eigenvalue weighted by Crippen LogP contribution is 2.27. The number of aromatic nitrogens is 5. The van der Waals surface area contributed by atoms with Crippen LogP contribution in [-0.4, -0.2) is 44.4 Å². The summed E-state index contributed by atoms with van der Waals surface area (Å²) in [6, 6.07) is 15.6. The molecule has 8 heteroatoms. The van der Waals surface area contributed by atoms with Crippen molar-refractivity contribution in [3.63, 3.8) is 0 Å². The number of rotatable bonds is 9. The highest BCUT2D eigenvalue weighted by Gasteiger charge is 2.22. The zero-order valence-corrected chi connectivity index (χ0v) is 20.3. The lowest BCUT2D eigenvalue weighted by atomic mass is 10.2. The van der Waals surface area contributed by atoms with Gasteiger partial charge in [-0.3, -0.25) is 9.36 Å². The topological polar surface area (TPSA) is 84.1 Å². The molecule has 0 spiro atoms. The van der Waals surface area contributed by atoms with Crippen molar-refractivity contribution in [3.8, 4) is 5.75 Å². The van der Waals surface area contributed by atoms with Gasteiger partial charge in [0.15, 0.2) is 11.3 Å². The van der Waals surface area contributed by atoms with Crippen molar-refractivity contribution in [2.24, 2.45) is 0 Å². The number of nitrogens with zero attached hydrogens (tertiary/aromatic N) is 5. The monoisotopic (exact) mass is 471 g/mol. The fraction of sp³-hybridized carbons (Fsp3) is 0.333. The third kappa shape index (κ3) is 4.25. The Bertz CT molecular complexity index is 1550. The molecule has 0 aliphatic heterocycles. The lowest BCUT2D eigenvalue weighted by Gasteiger charge is -2.12. The summed E-state index contributed by atoms with van der Waals surface area (Å²) >= 11 is 0. The second-order valence-electron chi connectivity index (χ2n) is 8.41. The van der Waals surface area contributed by atoms with Gasteiger partial charge >= 0.3 is 0 Å². The van der Waals surface area contributed by atoms with Crippen molar-refractivity contribution in [1.29, 1.82) is 0 Å². The highest BCUT2D eigenvalue weighted by atomic mass is 16.5. The Kier molecular flexibility index (Phi) is 6.46. The van der Waals surface area contributed by atoms with Crippen molar-refractivity contribution >= 4 is 33.2 Å². The van der Waals surface area contributed by atoms with E-state index >= 15 is 0 Å². The van der Waals surface area contributed by atoms with E-state index < -0.39 is 0 Å². The second-order valence-corrected chi connectivity index (χ2v) is 8.41. The molecule has 0 saturated heterocycles. The number of para-hydroxylation sites is 2. The van der Waals surface area contributed by atoms with Gasteiger partial charge in [-0.2, -0.15) is 0 Å². The van der Waals surface area contributed by atoms with Crippen molar-refractivity contribution < 1.29 is 9.47 Å². The number of methoxy groups -OCH3 is 1. The molecule has 5 aromatic rings. The molecular weight excluding hydrogens is 442 g/mol. The summed E-state index contributed by atoms with van der Waals surface area (Å²) in [5.41, 5.74) is 4.39. The summed E-state index contributed by atoms with van der Waals surface area (Å²) in [6.07, 6.45) is 1.39. The normalized spacial score (nSPS) is 11.6. The van der Waals surface area contributed by atoms with Crippen LogP contribution in [0.1, 0.15) is 31.7 Å². The molecule has 3 aromatic heterocycles. The van der Waals surface area contributed by atoms with Crippen LogP contribution in [-0.2, 0) is 24.2 Å². The van der Waals surface area contributed by atoms with Gasteiger partial charge in [-0.25, -0.2) is 15.0 Å². The molecule has 3 heterocycles. The summed E-state index contributed by atoms with van der Waals surface area (Å²) in [7, 11) is 1.65. The Morgan fingerprint density at radius 2 is 1.63 bits per heavy atom. The first kappa shape index (κ1) is 23.0. The molecule has 0 fully saturated rings. The first-order valence-corrected chi connectivity index (χ1v) is 12.0. The number of fused-ring (bicyclic) bond motifs is 4. The molecule has 0 N–H and O–H groups in total. The third-order valence-electron chi connectivity index (χ3n) is 6.22. The molecule has 0 saturated carbocycles. The standard InChI is InChI=1S/C27H29N5O3/c1-4-22-30-25-23(27(33)31(22)15-8-16-35-5-2)24-26(29-21-10-7-6-9-20(21)28-24)32(25)17-18-11-13-19(34-3)14-12-18/h6-7,9-14H,4-5,8,15-17H2,1-3H3. The van der Waals surface area contributed by atoms with Crippen LogP contribution in [0.3, 0.4) is 0 Å².